The molecular weight excluding hydrogens is 433 g/mol. The van der Waals surface area contributed by atoms with Crippen molar-refractivity contribution in [3.63, 3.8) is 0 Å². The molecule has 1 aliphatic heterocycles. The van der Waals surface area contributed by atoms with E-state index < -0.39 is 21.7 Å². The first-order chi connectivity index (χ1) is 15.3. The summed E-state index contributed by atoms with van der Waals surface area (Å²) >= 11 is 0. The van der Waals surface area contributed by atoms with Crippen molar-refractivity contribution in [1.82, 2.24) is 19.0 Å². The monoisotopic (exact) mass is 457 g/mol. The Morgan fingerprint density at radius 1 is 1.03 bits per heavy atom. The Balaban J connectivity index is 1.49. The fourth-order valence-electron chi connectivity index (χ4n) is 3.59. The average Bonchev–Trinajstić information content (AvgIpc) is 3.16. The number of nitrogens with one attached hydrogen (secondary N) is 1. The standard InChI is InChI=1S/C22H24FN5O3S/c1-16-19(15-24-28(16)21-6-4-3-5-20(21)23)22(29)25-17-7-9-18(10-8-17)32(30,31)27-13-11-26(2)12-14-27/h3-10,15H,11-14H2,1-2H3,(H,25,29). The summed E-state index contributed by atoms with van der Waals surface area (Å²) in [5.74, 6) is -0.859. The molecule has 0 saturated carbocycles. The molecule has 2 heterocycles. The molecule has 1 aliphatic rings. The number of hydrogen-bond donors (Lipinski definition) is 1. The second-order valence-electron chi connectivity index (χ2n) is 7.69. The lowest BCUT2D eigenvalue weighted by Gasteiger charge is -2.31. The van der Waals surface area contributed by atoms with Crippen LogP contribution in [-0.2, 0) is 10.0 Å². The molecule has 0 bridgehead atoms. The van der Waals surface area contributed by atoms with Gasteiger partial charge in [-0.25, -0.2) is 17.5 Å². The molecular formula is C22H24FN5O3S. The third-order valence-electron chi connectivity index (χ3n) is 5.55. The van der Waals surface area contributed by atoms with Gasteiger partial charge in [0.05, 0.1) is 22.3 Å². The summed E-state index contributed by atoms with van der Waals surface area (Å²) in [6.45, 7) is 3.95. The number of hydrogen-bond acceptors (Lipinski definition) is 5. The lowest BCUT2D eigenvalue weighted by molar-refractivity contribution is 0.102. The molecule has 1 fully saturated rings. The SMILES string of the molecule is Cc1c(C(=O)Nc2ccc(S(=O)(=O)N3CCN(C)CC3)cc2)cnn1-c1ccccc1F. The van der Waals surface area contributed by atoms with Crippen LogP contribution in [0.4, 0.5) is 10.1 Å². The highest BCUT2D eigenvalue weighted by atomic mass is 32.2. The molecule has 1 aromatic heterocycles. The summed E-state index contributed by atoms with van der Waals surface area (Å²) in [6.07, 6.45) is 1.38. The maximum absolute atomic E-state index is 14.1. The van der Waals surface area contributed by atoms with Crippen LogP contribution >= 0.6 is 0 Å². The molecule has 0 aliphatic carbocycles. The first-order valence-electron chi connectivity index (χ1n) is 10.2. The van der Waals surface area contributed by atoms with Gasteiger partial charge in [0.1, 0.15) is 11.5 Å². The number of benzene rings is 2. The van der Waals surface area contributed by atoms with Crippen LogP contribution in [0.15, 0.2) is 59.6 Å². The van der Waals surface area contributed by atoms with Crippen molar-refractivity contribution in [1.29, 1.82) is 0 Å². The van der Waals surface area contributed by atoms with Crippen LogP contribution in [0.2, 0.25) is 0 Å². The lowest BCUT2D eigenvalue weighted by atomic mass is 10.2. The second-order valence-corrected chi connectivity index (χ2v) is 9.63. The van der Waals surface area contributed by atoms with Crippen LogP contribution < -0.4 is 5.32 Å². The van der Waals surface area contributed by atoms with Crippen molar-refractivity contribution in [3.05, 3.63) is 71.8 Å². The first kappa shape index (κ1) is 22.1. The summed E-state index contributed by atoms with van der Waals surface area (Å²) in [4.78, 5) is 15.0. The second kappa shape index (κ2) is 8.81. The van der Waals surface area contributed by atoms with Gasteiger partial charge in [-0.1, -0.05) is 12.1 Å². The van der Waals surface area contributed by atoms with Gasteiger partial charge < -0.3 is 10.2 Å². The number of likely N-dealkylation sites (N-methyl/N-ethyl adjacent to an activating group) is 1. The Kier molecular flexibility index (Phi) is 6.09. The number of rotatable bonds is 5. The molecule has 0 radical (unpaired) electrons. The van der Waals surface area contributed by atoms with Gasteiger partial charge in [-0.05, 0) is 50.4 Å². The highest BCUT2D eigenvalue weighted by Gasteiger charge is 2.27. The zero-order chi connectivity index (χ0) is 22.9. The van der Waals surface area contributed by atoms with Crippen molar-refractivity contribution >= 4 is 21.6 Å². The maximum Gasteiger partial charge on any atom is 0.259 e. The van der Waals surface area contributed by atoms with Gasteiger partial charge in [0.25, 0.3) is 5.91 Å². The number of carbonyl (C=O) groups excluding carboxylic acids is 1. The quantitative estimate of drug-likeness (QED) is 0.636. The minimum Gasteiger partial charge on any atom is -0.322 e. The Morgan fingerprint density at radius 2 is 1.69 bits per heavy atom. The van der Waals surface area contributed by atoms with Gasteiger partial charge in [-0.2, -0.15) is 9.40 Å². The Bertz CT molecular complexity index is 1230. The highest BCUT2D eigenvalue weighted by molar-refractivity contribution is 7.89. The molecule has 0 spiro atoms. The number of para-hydroxylation sites is 1. The highest BCUT2D eigenvalue weighted by Crippen LogP contribution is 2.21. The van der Waals surface area contributed by atoms with Crippen LogP contribution in [0, 0.1) is 12.7 Å². The van der Waals surface area contributed by atoms with Crippen molar-refractivity contribution in [2.24, 2.45) is 0 Å². The third kappa shape index (κ3) is 4.29. The van der Waals surface area contributed by atoms with Crippen LogP contribution in [-0.4, -0.2) is 66.5 Å². The summed E-state index contributed by atoms with van der Waals surface area (Å²) in [6, 6.07) is 12.3. The normalized spacial score (nSPS) is 15.6. The number of carbonyl (C=O) groups is 1. The molecule has 3 aromatic rings. The van der Waals surface area contributed by atoms with Crippen molar-refractivity contribution < 1.29 is 17.6 Å². The van der Waals surface area contributed by atoms with Gasteiger partial charge in [-0.15, -0.1) is 0 Å². The van der Waals surface area contributed by atoms with E-state index in [-0.39, 0.29) is 10.6 Å². The largest absolute Gasteiger partial charge is 0.322 e. The van der Waals surface area contributed by atoms with E-state index in [0.29, 0.717) is 43.1 Å². The number of aromatic nitrogens is 2. The molecule has 2 aromatic carbocycles. The third-order valence-corrected chi connectivity index (χ3v) is 7.46. The summed E-state index contributed by atoms with van der Waals surface area (Å²) in [5.41, 5.74) is 1.48. The molecule has 1 amide bonds. The minimum atomic E-state index is -3.58. The van der Waals surface area contributed by atoms with Crippen molar-refractivity contribution in [3.8, 4) is 5.69 Å². The molecule has 32 heavy (non-hydrogen) atoms. The predicted molar refractivity (Wildman–Crippen MR) is 119 cm³/mol. The van der Waals surface area contributed by atoms with Gasteiger partial charge >= 0.3 is 0 Å². The van der Waals surface area contributed by atoms with E-state index in [1.165, 1.54) is 33.4 Å². The molecule has 1 N–H and O–H groups in total. The topological polar surface area (TPSA) is 87.5 Å². The lowest BCUT2D eigenvalue weighted by Crippen LogP contribution is -2.46. The van der Waals surface area contributed by atoms with E-state index in [1.54, 1.807) is 37.3 Å². The number of piperazine rings is 1. The van der Waals surface area contributed by atoms with Crippen LogP contribution in [0.25, 0.3) is 5.69 Å². The molecule has 8 nitrogen and oxygen atoms in total. The first-order valence-corrected chi connectivity index (χ1v) is 11.6. The van der Waals surface area contributed by atoms with Gasteiger partial charge in [0, 0.05) is 31.9 Å². The smallest absolute Gasteiger partial charge is 0.259 e. The summed E-state index contributed by atoms with van der Waals surface area (Å²) in [7, 11) is -1.61. The van der Waals surface area contributed by atoms with Gasteiger partial charge in [-0.3, -0.25) is 4.79 Å². The fourth-order valence-corrected chi connectivity index (χ4v) is 5.01. The molecule has 4 rings (SSSR count). The Labute approximate surface area is 186 Å². The van der Waals surface area contributed by atoms with Crippen LogP contribution in [0.5, 0.6) is 0 Å². The van der Waals surface area contributed by atoms with Crippen molar-refractivity contribution in [2.75, 3.05) is 38.5 Å². The number of nitrogens with zero attached hydrogens (tertiary/aromatic N) is 4. The number of sulfonamides is 1. The zero-order valence-corrected chi connectivity index (χ0v) is 18.6. The number of anilines is 1. The van der Waals surface area contributed by atoms with E-state index in [4.69, 9.17) is 0 Å². The Morgan fingerprint density at radius 3 is 2.34 bits per heavy atom. The molecule has 0 unspecified atom stereocenters. The summed E-state index contributed by atoms with van der Waals surface area (Å²) in [5, 5.41) is 6.88. The number of halogens is 1. The van der Waals surface area contributed by atoms with Crippen molar-refractivity contribution in [2.45, 2.75) is 11.8 Å². The average molecular weight is 458 g/mol. The zero-order valence-electron chi connectivity index (χ0n) is 17.8. The van der Waals surface area contributed by atoms with E-state index in [1.807, 2.05) is 7.05 Å². The molecule has 1 saturated heterocycles. The van der Waals surface area contributed by atoms with E-state index in [2.05, 4.69) is 15.3 Å². The minimum absolute atomic E-state index is 0.184. The van der Waals surface area contributed by atoms with Crippen LogP contribution in [0.1, 0.15) is 16.1 Å². The summed E-state index contributed by atoms with van der Waals surface area (Å²) < 4.78 is 42.6. The van der Waals surface area contributed by atoms with Crippen LogP contribution in [0.3, 0.4) is 0 Å². The molecule has 0 atom stereocenters. The van der Waals surface area contributed by atoms with Gasteiger partial charge in [0.2, 0.25) is 10.0 Å². The fraction of sp³-hybridized carbons (Fsp3) is 0.273. The Hall–Kier alpha value is -3.08. The maximum atomic E-state index is 14.1. The van der Waals surface area contributed by atoms with Gasteiger partial charge in [0.15, 0.2) is 0 Å². The van der Waals surface area contributed by atoms with E-state index >= 15 is 0 Å². The number of amides is 1. The van der Waals surface area contributed by atoms with E-state index in [9.17, 15) is 17.6 Å². The van der Waals surface area contributed by atoms with E-state index in [0.717, 1.165) is 0 Å². The predicted octanol–water partition coefficient (Wildman–Crippen LogP) is 2.51. The molecule has 10 heteroatoms. The molecule has 168 valence electrons.